The summed E-state index contributed by atoms with van der Waals surface area (Å²) in [5.41, 5.74) is 4.94. The molecule has 30 heavy (non-hydrogen) atoms. The molecule has 158 valence electrons. The van der Waals surface area contributed by atoms with Gasteiger partial charge in [-0.15, -0.1) is 0 Å². The molecule has 2 amide bonds. The number of nitrogens with one attached hydrogen (secondary N) is 2. The maximum Gasteiger partial charge on any atom is 0.269 e. The lowest BCUT2D eigenvalue weighted by atomic mass is 10.2. The number of rotatable bonds is 4. The smallest absolute Gasteiger partial charge is 0.269 e. The number of fused-ring (bicyclic) bond motifs is 1. The van der Waals surface area contributed by atoms with Crippen LogP contribution in [0.2, 0.25) is 0 Å². The van der Waals surface area contributed by atoms with Gasteiger partial charge in [0, 0.05) is 24.2 Å². The molecule has 10 nitrogen and oxygen atoms in total. The van der Waals surface area contributed by atoms with Gasteiger partial charge in [-0.2, -0.15) is 4.31 Å². The van der Waals surface area contributed by atoms with Gasteiger partial charge >= 0.3 is 0 Å². The third kappa shape index (κ3) is 4.08. The summed E-state index contributed by atoms with van der Waals surface area (Å²) in [5, 5.41) is 0. The van der Waals surface area contributed by atoms with E-state index in [9.17, 15) is 18.0 Å². The second kappa shape index (κ2) is 8.30. The highest BCUT2D eigenvalue weighted by molar-refractivity contribution is 7.89. The Morgan fingerprint density at radius 3 is 2.27 bits per heavy atom. The highest BCUT2D eigenvalue weighted by Crippen LogP contribution is 2.32. The van der Waals surface area contributed by atoms with Gasteiger partial charge in [0.05, 0.1) is 18.1 Å². The second-order valence-corrected chi connectivity index (χ2v) is 8.46. The van der Waals surface area contributed by atoms with E-state index < -0.39 is 21.8 Å². The van der Waals surface area contributed by atoms with Crippen LogP contribution in [0.4, 0.5) is 0 Å². The number of benzene rings is 2. The average Bonchev–Trinajstić information content (AvgIpc) is 3.26. The quantitative estimate of drug-likeness (QED) is 0.674. The summed E-state index contributed by atoms with van der Waals surface area (Å²) < 4.78 is 42.4. The average molecular weight is 433 g/mol. The summed E-state index contributed by atoms with van der Waals surface area (Å²) in [7, 11) is -3.74. The van der Waals surface area contributed by atoms with Gasteiger partial charge in [-0.25, -0.2) is 8.42 Å². The van der Waals surface area contributed by atoms with Gasteiger partial charge in [-0.1, -0.05) is 6.07 Å². The largest absolute Gasteiger partial charge is 0.454 e. The lowest BCUT2D eigenvalue weighted by Crippen LogP contribution is -2.42. The number of hydrogen-bond acceptors (Lipinski definition) is 7. The number of hydrogen-bond donors (Lipinski definition) is 2. The fourth-order valence-electron chi connectivity index (χ4n) is 3.03. The van der Waals surface area contributed by atoms with E-state index in [-0.39, 0.29) is 35.9 Å². The summed E-state index contributed by atoms with van der Waals surface area (Å²) in [6.07, 6.45) is 0. The van der Waals surface area contributed by atoms with Crippen LogP contribution in [0.3, 0.4) is 0 Å². The maximum atomic E-state index is 12.8. The maximum absolute atomic E-state index is 12.8. The van der Waals surface area contributed by atoms with Crippen molar-refractivity contribution in [1.29, 1.82) is 0 Å². The van der Waals surface area contributed by atoms with E-state index in [1.165, 1.54) is 40.7 Å². The fraction of sp³-hybridized carbons (Fsp3) is 0.263. The summed E-state index contributed by atoms with van der Waals surface area (Å²) in [6, 6.07) is 10.3. The molecule has 2 heterocycles. The van der Waals surface area contributed by atoms with E-state index in [1.54, 1.807) is 6.07 Å². The van der Waals surface area contributed by atoms with Crippen LogP contribution >= 0.6 is 0 Å². The summed E-state index contributed by atoms with van der Waals surface area (Å²) in [5.74, 6) is -0.231. The zero-order chi connectivity index (χ0) is 21.1. The van der Waals surface area contributed by atoms with E-state index in [2.05, 4.69) is 10.9 Å². The molecule has 2 N–H and O–H groups in total. The van der Waals surface area contributed by atoms with Crippen LogP contribution in [0.25, 0.3) is 0 Å². The van der Waals surface area contributed by atoms with Crippen molar-refractivity contribution >= 4 is 21.8 Å². The topological polar surface area (TPSA) is 123 Å². The van der Waals surface area contributed by atoms with Crippen molar-refractivity contribution in [2.24, 2.45) is 0 Å². The minimum atomic E-state index is -3.74. The Kier molecular flexibility index (Phi) is 5.57. The lowest BCUT2D eigenvalue weighted by molar-refractivity contribution is 0.0730. The van der Waals surface area contributed by atoms with Gasteiger partial charge in [0.2, 0.25) is 16.8 Å². The molecule has 2 aliphatic rings. The predicted molar refractivity (Wildman–Crippen MR) is 104 cm³/mol. The first-order chi connectivity index (χ1) is 14.4. The van der Waals surface area contributed by atoms with E-state index in [0.29, 0.717) is 24.7 Å². The highest BCUT2D eigenvalue weighted by Gasteiger charge is 2.27. The Morgan fingerprint density at radius 1 is 0.867 bits per heavy atom. The van der Waals surface area contributed by atoms with Crippen LogP contribution in [0.5, 0.6) is 11.5 Å². The van der Waals surface area contributed by atoms with Crippen molar-refractivity contribution in [3.63, 3.8) is 0 Å². The van der Waals surface area contributed by atoms with Crippen LogP contribution in [0, 0.1) is 0 Å². The molecule has 0 aliphatic carbocycles. The van der Waals surface area contributed by atoms with Crippen LogP contribution in [-0.2, 0) is 14.8 Å². The molecule has 2 aromatic rings. The Bertz CT molecular complexity index is 1080. The zero-order valence-electron chi connectivity index (χ0n) is 15.8. The van der Waals surface area contributed by atoms with Crippen molar-refractivity contribution in [2.45, 2.75) is 4.90 Å². The molecule has 0 bridgehead atoms. The molecular formula is C19H19N3O7S. The Hall–Kier alpha value is -3.15. The molecule has 0 atom stereocenters. The molecule has 11 heteroatoms. The van der Waals surface area contributed by atoms with E-state index in [0.717, 1.165) is 0 Å². The molecule has 0 aromatic heterocycles. The van der Waals surface area contributed by atoms with Gasteiger partial charge < -0.3 is 14.2 Å². The van der Waals surface area contributed by atoms with Crippen molar-refractivity contribution < 1.29 is 32.2 Å². The third-order valence-corrected chi connectivity index (χ3v) is 6.52. The van der Waals surface area contributed by atoms with Crippen LogP contribution in [-0.4, -0.2) is 57.6 Å². The minimum Gasteiger partial charge on any atom is -0.454 e. The van der Waals surface area contributed by atoms with Crippen molar-refractivity contribution in [3.05, 3.63) is 53.6 Å². The number of nitrogens with zero attached hydrogens (tertiary/aromatic N) is 1. The third-order valence-electron chi connectivity index (χ3n) is 4.63. The van der Waals surface area contributed by atoms with Crippen LogP contribution in [0.1, 0.15) is 20.7 Å². The summed E-state index contributed by atoms with van der Waals surface area (Å²) in [4.78, 5) is 24.7. The number of amides is 2. The van der Waals surface area contributed by atoms with E-state index in [1.807, 2.05) is 0 Å². The highest BCUT2D eigenvalue weighted by atomic mass is 32.2. The van der Waals surface area contributed by atoms with Gasteiger partial charge in [-0.3, -0.25) is 20.4 Å². The van der Waals surface area contributed by atoms with Gasteiger partial charge in [0.15, 0.2) is 11.5 Å². The fourth-order valence-corrected chi connectivity index (χ4v) is 4.48. The molecule has 1 fully saturated rings. The molecule has 1 saturated heterocycles. The number of carbonyl (C=O) groups is 2. The van der Waals surface area contributed by atoms with Gasteiger partial charge in [0.25, 0.3) is 11.8 Å². The Labute approximate surface area is 172 Å². The molecule has 0 saturated carbocycles. The molecule has 0 unspecified atom stereocenters. The second-order valence-electron chi connectivity index (χ2n) is 6.52. The monoisotopic (exact) mass is 433 g/mol. The van der Waals surface area contributed by atoms with Crippen LogP contribution in [0.15, 0.2) is 47.4 Å². The molecule has 4 rings (SSSR count). The van der Waals surface area contributed by atoms with E-state index >= 15 is 0 Å². The number of hydrazine groups is 1. The normalized spacial score (nSPS) is 16.1. The number of ether oxygens (including phenoxy) is 3. The Morgan fingerprint density at radius 2 is 1.53 bits per heavy atom. The molecule has 2 aliphatic heterocycles. The van der Waals surface area contributed by atoms with Crippen LogP contribution < -0.4 is 20.3 Å². The van der Waals surface area contributed by atoms with Crippen molar-refractivity contribution in [3.8, 4) is 11.5 Å². The first kappa shape index (κ1) is 20.1. The molecule has 0 spiro atoms. The standard InChI is InChI=1S/C19H19N3O7S/c23-18(20-21-19(24)14-4-5-16-17(11-14)29-12-28-16)13-2-1-3-15(10-13)30(25,26)22-6-8-27-9-7-22/h1-5,10-11H,6-9,12H2,(H,20,23)(H,21,24). The molecular weight excluding hydrogens is 414 g/mol. The Balaban J connectivity index is 1.42. The number of sulfonamides is 1. The molecule has 0 radical (unpaired) electrons. The van der Waals surface area contributed by atoms with Crippen molar-refractivity contribution in [2.75, 3.05) is 33.1 Å². The van der Waals surface area contributed by atoms with Gasteiger partial charge in [0.1, 0.15) is 0 Å². The SMILES string of the molecule is O=C(NNC(=O)c1ccc2c(c1)OCO2)c1cccc(S(=O)(=O)N2CCOCC2)c1. The summed E-state index contributed by atoms with van der Waals surface area (Å²) in [6.45, 7) is 1.24. The number of morpholine rings is 1. The summed E-state index contributed by atoms with van der Waals surface area (Å²) >= 11 is 0. The number of carbonyl (C=O) groups excluding carboxylic acids is 2. The zero-order valence-corrected chi connectivity index (χ0v) is 16.6. The van der Waals surface area contributed by atoms with E-state index in [4.69, 9.17) is 14.2 Å². The lowest BCUT2D eigenvalue weighted by Gasteiger charge is -2.26. The van der Waals surface area contributed by atoms with Crippen molar-refractivity contribution in [1.82, 2.24) is 15.2 Å². The van der Waals surface area contributed by atoms with Gasteiger partial charge in [-0.05, 0) is 36.4 Å². The minimum absolute atomic E-state index is 0.000789. The first-order valence-electron chi connectivity index (χ1n) is 9.13. The first-order valence-corrected chi connectivity index (χ1v) is 10.6. The molecule has 2 aromatic carbocycles. The predicted octanol–water partition coefficient (Wildman–Crippen LogP) is 0.511.